The number of nitrogens with zero attached hydrogens (tertiary/aromatic N) is 2. The van der Waals surface area contributed by atoms with E-state index in [0.717, 1.165) is 31.1 Å². The van der Waals surface area contributed by atoms with Gasteiger partial charge in [-0.05, 0) is 45.4 Å². The van der Waals surface area contributed by atoms with Crippen molar-refractivity contribution in [3.63, 3.8) is 0 Å². The summed E-state index contributed by atoms with van der Waals surface area (Å²) in [6, 6.07) is -0.0510. The Bertz CT molecular complexity index is 410. The van der Waals surface area contributed by atoms with Gasteiger partial charge >= 0.3 is 0 Å². The van der Waals surface area contributed by atoms with Gasteiger partial charge in [0, 0.05) is 25.5 Å². The fraction of sp³-hybridized carbons (Fsp3) is 0.800. The molecule has 1 aromatic rings. The molecule has 2 rings (SSSR count). The van der Waals surface area contributed by atoms with Crippen LogP contribution in [0.3, 0.4) is 0 Å². The lowest BCUT2D eigenvalue weighted by Gasteiger charge is -2.44. The summed E-state index contributed by atoms with van der Waals surface area (Å²) in [5, 5.41) is 0. The predicted molar refractivity (Wildman–Crippen MR) is 80.0 cm³/mol. The molecule has 114 valence electrons. The molecule has 0 aromatic carbocycles. The summed E-state index contributed by atoms with van der Waals surface area (Å²) in [5.41, 5.74) is 2.75. The van der Waals surface area contributed by atoms with Crippen molar-refractivity contribution in [3.8, 4) is 0 Å². The third-order valence-corrected chi connectivity index (χ3v) is 4.59. The molecule has 1 aromatic heterocycles. The first-order valence-corrected chi connectivity index (χ1v) is 7.78. The van der Waals surface area contributed by atoms with E-state index in [2.05, 4.69) is 35.7 Å². The van der Waals surface area contributed by atoms with Gasteiger partial charge in [-0.2, -0.15) is 0 Å². The van der Waals surface area contributed by atoms with Crippen LogP contribution in [-0.2, 0) is 11.3 Å². The van der Waals surface area contributed by atoms with E-state index in [4.69, 9.17) is 10.6 Å². The van der Waals surface area contributed by atoms with Crippen molar-refractivity contribution in [1.29, 1.82) is 0 Å². The number of imidazole rings is 1. The molecule has 0 spiro atoms. The van der Waals surface area contributed by atoms with Crippen LogP contribution in [0.15, 0.2) is 12.4 Å². The van der Waals surface area contributed by atoms with Crippen LogP contribution in [-0.4, -0.2) is 21.8 Å². The highest BCUT2D eigenvalue weighted by molar-refractivity contribution is 5.09. The summed E-state index contributed by atoms with van der Waals surface area (Å²) in [6.45, 7) is 8.09. The molecule has 0 amide bonds. The zero-order valence-corrected chi connectivity index (χ0v) is 12.9. The van der Waals surface area contributed by atoms with Crippen LogP contribution in [0.1, 0.15) is 58.3 Å². The predicted octanol–water partition coefficient (Wildman–Crippen LogP) is 2.39. The van der Waals surface area contributed by atoms with Crippen molar-refractivity contribution >= 4 is 0 Å². The van der Waals surface area contributed by atoms with E-state index in [9.17, 15) is 0 Å². The Kier molecular flexibility index (Phi) is 5.18. The maximum absolute atomic E-state index is 6.20. The lowest BCUT2D eigenvalue weighted by Crippen LogP contribution is -2.51. The number of aryl methyl sites for hydroxylation is 1. The Morgan fingerprint density at radius 3 is 2.75 bits per heavy atom. The highest BCUT2D eigenvalue weighted by Crippen LogP contribution is 2.42. The molecule has 1 unspecified atom stereocenters. The molecule has 1 aliphatic carbocycles. The third-order valence-electron chi connectivity index (χ3n) is 4.59. The van der Waals surface area contributed by atoms with Crippen molar-refractivity contribution in [1.82, 2.24) is 15.0 Å². The van der Waals surface area contributed by atoms with E-state index in [1.54, 1.807) is 0 Å². The molecule has 0 radical (unpaired) electrons. The molecular formula is C15H28N4O. The summed E-state index contributed by atoms with van der Waals surface area (Å²) in [5.74, 6) is 7.64. The standard InChI is InChI=1S/C15H28N4O/c1-4-19-11-10-17-14(19)13(18-16)15(20-5-2)8-6-12(3)7-9-15/h10-13,18H,4-9,16H2,1-3H3. The van der Waals surface area contributed by atoms with Gasteiger partial charge < -0.3 is 9.30 Å². The van der Waals surface area contributed by atoms with Crippen molar-refractivity contribution in [3.05, 3.63) is 18.2 Å². The third kappa shape index (κ3) is 2.90. The summed E-state index contributed by atoms with van der Waals surface area (Å²) in [6.07, 6.45) is 8.29. The molecular weight excluding hydrogens is 252 g/mol. The van der Waals surface area contributed by atoms with Crippen molar-refractivity contribution in [2.45, 2.75) is 64.6 Å². The average molecular weight is 280 g/mol. The van der Waals surface area contributed by atoms with Crippen LogP contribution in [0.25, 0.3) is 0 Å². The SMILES string of the molecule is CCOC1(C(NN)c2nccn2CC)CCC(C)CC1. The smallest absolute Gasteiger partial charge is 0.130 e. The summed E-state index contributed by atoms with van der Waals surface area (Å²) < 4.78 is 8.34. The molecule has 0 aliphatic heterocycles. The van der Waals surface area contributed by atoms with Crippen molar-refractivity contribution < 1.29 is 4.74 Å². The van der Waals surface area contributed by atoms with E-state index in [1.807, 2.05) is 12.4 Å². The van der Waals surface area contributed by atoms with Crippen molar-refractivity contribution in [2.75, 3.05) is 6.61 Å². The van der Waals surface area contributed by atoms with E-state index >= 15 is 0 Å². The number of nitrogens with two attached hydrogens (primary N) is 1. The van der Waals surface area contributed by atoms with E-state index in [1.165, 1.54) is 12.8 Å². The van der Waals surface area contributed by atoms with Gasteiger partial charge in [0.15, 0.2) is 0 Å². The molecule has 20 heavy (non-hydrogen) atoms. The van der Waals surface area contributed by atoms with E-state index in [-0.39, 0.29) is 11.6 Å². The molecule has 1 aliphatic rings. The lowest BCUT2D eigenvalue weighted by atomic mass is 9.75. The minimum atomic E-state index is -0.228. The average Bonchev–Trinajstić information content (AvgIpc) is 2.91. The van der Waals surface area contributed by atoms with Gasteiger partial charge in [0.05, 0.1) is 5.60 Å². The van der Waals surface area contributed by atoms with Crippen LogP contribution in [0.2, 0.25) is 0 Å². The minimum absolute atomic E-state index is 0.0510. The minimum Gasteiger partial charge on any atom is -0.373 e. The van der Waals surface area contributed by atoms with Gasteiger partial charge in [0.2, 0.25) is 0 Å². The fourth-order valence-corrected chi connectivity index (χ4v) is 3.36. The number of hydrogen-bond acceptors (Lipinski definition) is 4. The number of aromatic nitrogens is 2. The molecule has 1 heterocycles. The van der Waals surface area contributed by atoms with Gasteiger partial charge in [0.1, 0.15) is 11.9 Å². The quantitative estimate of drug-likeness (QED) is 0.620. The maximum Gasteiger partial charge on any atom is 0.130 e. The molecule has 5 nitrogen and oxygen atoms in total. The second kappa shape index (κ2) is 6.70. The largest absolute Gasteiger partial charge is 0.373 e. The van der Waals surface area contributed by atoms with Gasteiger partial charge in [0.25, 0.3) is 0 Å². The van der Waals surface area contributed by atoms with Gasteiger partial charge in [-0.15, -0.1) is 0 Å². The first kappa shape index (κ1) is 15.5. The van der Waals surface area contributed by atoms with Crippen LogP contribution in [0, 0.1) is 5.92 Å². The van der Waals surface area contributed by atoms with Gasteiger partial charge in [-0.25, -0.2) is 10.4 Å². The highest BCUT2D eigenvalue weighted by Gasteiger charge is 2.44. The van der Waals surface area contributed by atoms with Crippen LogP contribution < -0.4 is 11.3 Å². The molecule has 1 saturated carbocycles. The van der Waals surface area contributed by atoms with Crippen LogP contribution in [0.5, 0.6) is 0 Å². The number of hydrazine groups is 1. The Balaban J connectivity index is 2.30. The molecule has 1 fully saturated rings. The molecule has 0 bridgehead atoms. The maximum atomic E-state index is 6.20. The monoisotopic (exact) mass is 280 g/mol. The zero-order chi connectivity index (χ0) is 14.6. The van der Waals surface area contributed by atoms with Gasteiger partial charge in [-0.1, -0.05) is 6.92 Å². The topological polar surface area (TPSA) is 65.1 Å². The van der Waals surface area contributed by atoms with Crippen LogP contribution in [0.4, 0.5) is 0 Å². The second-order valence-corrected chi connectivity index (χ2v) is 5.85. The number of hydrogen-bond donors (Lipinski definition) is 2. The number of nitrogens with one attached hydrogen (secondary N) is 1. The highest BCUT2D eigenvalue weighted by atomic mass is 16.5. The zero-order valence-electron chi connectivity index (χ0n) is 12.9. The number of rotatable bonds is 6. The van der Waals surface area contributed by atoms with E-state index in [0.29, 0.717) is 6.61 Å². The summed E-state index contributed by atoms with van der Waals surface area (Å²) in [7, 11) is 0. The Morgan fingerprint density at radius 1 is 1.50 bits per heavy atom. The van der Waals surface area contributed by atoms with Gasteiger partial charge in [-0.3, -0.25) is 5.84 Å². The lowest BCUT2D eigenvalue weighted by molar-refractivity contribution is -0.0999. The molecule has 5 heteroatoms. The number of ether oxygens (including phenoxy) is 1. The van der Waals surface area contributed by atoms with Crippen LogP contribution >= 0.6 is 0 Å². The molecule has 0 saturated heterocycles. The fourth-order valence-electron chi connectivity index (χ4n) is 3.36. The molecule has 1 atom stereocenters. The molecule has 3 N–H and O–H groups in total. The Labute approximate surface area is 121 Å². The second-order valence-electron chi connectivity index (χ2n) is 5.85. The first-order valence-electron chi connectivity index (χ1n) is 7.78. The Morgan fingerprint density at radius 2 is 2.20 bits per heavy atom. The normalized spacial score (nSPS) is 28.5. The Hall–Kier alpha value is -0.910. The summed E-state index contributed by atoms with van der Waals surface area (Å²) >= 11 is 0. The van der Waals surface area contributed by atoms with E-state index < -0.39 is 0 Å². The summed E-state index contributed by atoms with van der Waals surface area (Å²) in [4.78, 5) is 4.52. The first-order chi connectivity index (χ1) is 9.66. The van der Waals surface area contributed by atoms with Crippen molar-refractivity contribution in [2.24, 2.45) is 11.8 Å².